The number of carbonyl (C=O) groups excluding carboxylic acids is 1. The van der Waals surface area contributed by atoms with Crippen molar-refractivity contribution in [1.29, 1.82) is 0 Å². The van der Waals surface area contributed by atoms with Crippen molar-refractivity contribution < 1.29 is 22.3 Å². The van der Waals surface area contributed by atoms with Crippen molar-refractivity contribution in [2.24, 2.45) is 0 Å². The van der Waals surface area contributed by atoms with Gasteiger partial charge in [-0.2, -0.15) is 0 Å². The van der Waals surface area contributed by atoms with Crippen molar-refractivity contribution in [2.45, 2.75) is 6.42 Å². The molecule has 0 radical (unpaired) electrons. The van der Waals surface area contributed by atoms with Crippen LogP contribution < -0.4 is 4.74 Å². The summed E-state index contributed by atoms with van der Waals surface area (Å²) in [5.41, 5.74) is 0.264. The van der Waals surface area contributed by atoms with Crippen LogP contribution in [-0.4, -0.2) is 57.4 Å². The quantitative estimate of drug-likeness (QED) is 0.780. The van der Waals surface area contributed by atoms with Gasteiger partial charge < -0.3 is 4.74 Å². The molecule has 0 amide bonds. The second-order valence-electron chi connectivity index (χ2n) is 5.05. The van der Waals surface area contributed by atoms with Crippen LogP contribution in [0.25, 0.3) is 0 Å². The van der Waals surface area contributed by atoms with E-state index in [1.807, 2.05) is 0 Å². The number of carbonyl (C=O) groups is 1. The van der Waals surface area contributed by atoms with Gasteiger partial charge in [0, 0.05) is 12.1 Å². The lowest BCUT2D eigenvalue weighted by Gasteiger charge is -2.18. The zero-order chi connectivity index (χ0) is 15.5. The molecule has 0 bridgehead atoms. The van der Waals surface area contributed by atoms with Crippen LogP contribution in [0.1, 0.15) is 16.8 Å². The van der Waals surface area contributed by atoms with Gasteiger partial charge in [0.05, 0.1) is 25.2 Å². The number of nitrogens with zero attached hydrogens (tertiary/aromatic N) is 1. The van der Waals surface area contributed by atoms with Crippen molar-refractivity contribution in [3.05, 3.63) is 29.6 Å². The van der Waals surface area contributed by atoms with Gasteiger partial charge in [-0.1, -0.05) is 0 Å². The number of ether oxygens (including phenoxy) is 1. The van der Waals surface area contributed by atoms with Gasteiger partial charge in [0.2, 0.25) is 0 Å². The summed E-state index contributed by atoms with van der Waals surface area (Å²) in [5, 5.41) is 0. The standard InChI is InChI=1S/C14H18FNO4S/c1-20-14-4-3-11(9-12(14)15)13(17)10-16-5-2-7-21(18,19)8-6-16/h3-4,9H,2,5-8,10H2,1H3. The van der Waals surface area contributed by atoms with Gasteiger partial charge in [0.1, 0.15) is 0 Å². The summed E-state index contributed by atoms with van der Waals surface area (Å²) in [4.78, 5) is 13.9. The lowest BCUT2D eigenvalue weighted by molar-refractivity contribution is 0.0935. The number of ketones is 1. The largest absolute Gasteiger partial charge is 0.494 e. The Balaban J connectivity index is 2.02. The van der Waals surface area contributed by atoms with Gasteiger partial charge in [0.15, 0.2) is 27.2 Å². The third-order valence-corrected chi connectivity index (χ3v) is 5.20. The lowest BCUT2D eigenvalue weighted by Crippen LogP contribution is -2.32. The highest BCUT2D eigenvalue weighted by Crippen LogP contribution is 2.18. The summed E-state index contributed by atoms with van der Waals surface area (Å²) in [6, 6.07) is 4.07. The van der Waals surface area contributed by atoms with Gasteiger partial charge >= 0.3 is 0 Å². The highest BCUT2D eigenvalue weighted by atomic mass is 32.2. The van der Waals surface area contributed by atoms with Crippen molar-refractivity contribution in [2.75, 3.05) is 38.2 Å². The number of rotatable bonds is 4. The van der Waals surface area contributed by atoms with E-state index in [1.54, 1.807) is 4.90 Å². The first-order chi connectivity index (χ1) is 9.91. The zero-order valence-electron chi connectivity index (χ0n) is 11.8. The minimum absolute atomic E-state index is 0.0667. The Hall–Kier alpha value is -1.47. The van der Waals surface area contributed by atoms with Crippen LogP contribution in [0, 0.1) is 5.82 Å². The Labute approximate surface area is 123 Å². The molecule has 1 aromatic carbocycles. The Morgan fingerprint density at radius 1 is 1.33 bits per heavy atom. The van der Waals surface area contributed by atoms with E-state index in [9.17, 15) is 17.6 Å². The molecule has 0 unspecified atom stereocenters. The molecule has 1 aliphatic heterocycles. The van der Waals surface area contributed by atoms with E-state index in [0.29, 0.717) is 19.5 Å². The molecule has 0 spiro atoms. The van der Waals surface area contributed by atoms with E-state index in [0.717, 1.165) is 6.07 Å². The van der Waals surface area contributed by atoms with E-state index in [2.05, 4.69) is 0 Å². The first-order valence-electron chi connectivity index (χ1n) is 6.71. The van der Waals surface area contributed by atoms with E-state index in [1.165, 1.54) is 19.2 Å². The predicted molar refractivity (Wildman–Crippen MR) is 77.0 cm³/mol. The minimum Gasteiger partial charge on any atom is -0.494 e. The fourth-order valence-corrected chi connectivity index (χ4v) is 3.59. The Morgan fingerprint density at radius 2 is 2.10 bits per heavy atom. The van der Waals surface area contributed by atoms with E-state index < -0.39 is 15.7 Å². The number of hydrogen-bond acceptors (Lipinski definition) is 5. The fourth-order valence-electron chi connectivity index (χ4n) is 2.28. The Morgan fingerprint density at radius 3 is 2.76 bits per heavy atom. The fraction of sp³-hybridized carbons (Fsp3) is 0.500. The zero-order valence-corrected chi connectivity index (χ0v) is 12.7. The molecule has 1 aromatic rings. The second kappa shape index (κ2) is 6.53. The molecule has 116 valence electrons. The number of methoxy groups -OCH3 is 1. The summed E-state index contributed by atoms with van der Waals surface area (Å²) < 4.78 is 41.4. The van der Waals surface area contributed by atoms with Crippen LogP contribution in [0.3, 0.4) is 0 Å². The second-order valence-corrected chi connectivity index (χ2v) is 7.36. The lowest BCUT2D eigenvalue weighted by atomic mass is 10.1. The summed E-state index contributed by atoms with van der Waals surface area (Å²) in [7, 11) is -1.64. The highest BCUT2D eigenvalue weighted by Gasteiger charge is 2.21. The molecule has 1 saturated heterocycles. The van der Waals surface area contributed by atoms with Gasteiger partial charge in [-0.3, -0.25) is 9.69 Å². The average Bonchev–Trinajstić information content (AvgIpc) is 2.60. The Kier molecular flexibility index (Phi) is 4.95. The molecule has 7 heteroatoms. The number of benzene rings is 1. The average molecular weight is 315 g/mol. The highest BCUT2D eigenvalue weighted by molar-refractivity contribution is 7.91. The number of halogens is 1. The van der Waals surface area contributed by atoms with Crippen molar-refractivity contribution in [1.82, 2.24) is 4.90 Å². The smallest absolute Gasteiger partial charge is 0.176 e. The van der Waals surface area contributed by atoms with E-state index >= 15 is 0 Å². The van der Waals surface area contributed by atoms with Crippen molar-refractivity contribution in [3.8, 4) is 5.75 Å². The molecule has 1 aliphatic rings. The normalized spacial score (nSPS) is 19.0. The minimum atomic E-state index is -3.00. The van der Waals surface area contributed by atoms with Crippen LogP contribution in [0.15, 0.2) is 18.2 Å². The molecule has 0 atom stereocenters. The van der Waals surface area contributed by atoms with Crippen LogP contribution in [-0.2, 0) is 9.84 Å². The maximum atomic E-state index is 13.6. The monoisotopic (exact) mass is 315 g/mol. The molecule has 1 fully saturated rings. The topological polar surface area (TPSA) is 63.7 Å². The van der Waals surface area contributed by atoms with Gasteiger partial charge in [-0.15, -0.1) is 0 Å². The third-order valence-electron chi connectivity index (χ3n) is 3.49. The summed E-state index contributed by atoms with van der Waals surface area (Å²) >= 11 is 0. The van der Waals surface area contributed by atoms with Crippen LogP contribution in [0.4, 0.5) is 4.39 Å². The van der Waals surface area contributed by atoms with Crippen LogP contribution >= 0.6 is 0 Å². The van der Waals surface area contributed by atoms with Gasteiger partial charge in [-0.25, -0.2) is 12.8 Å². The number of hydrogen-bond donors (Lipinski definition) is 0. The van der Waals surface area contributed by atoms with E-state index in [4.69, 9.17) is 4.74 Å². The molecule has 0 aromatic heterocycles. The van der Waals surface area contributed by atoms with Gasteiger partial charge in [-0.05, 0) is 31.2 Å². The summed E-state index contributed by atoms with van der Waals surface area (Å²) in [6.07, 6.45) is 0.520. The molecular formula is C14H18FNO4S. The van der Waals surface area contributed by atoms with Crippen LogP contribution in [0.2, 0.25) is 0 Å². The Bertz CT molecular complexity index is 630. The third kappa shape index (κ3) is 4.25. The maximum Gasteiger partial charge on any atom is 0.176 e. The van der Waals surface area contributed by atoms with E-state index in [-0.39, 0.29) is 35.1 Å². The number of Topliss-reactive ketones (excluding diaryl/α,β-unsaturated/α-hetero) is 1. The van der Waals surface area contributed by atoms with Gasteiger partial charge in [0.25, 0.3) is 0 Å². The molecule has 2 rings (SSSR count). The molecule has 1 heterocycles. The molecule has 5 nitrogen and oxygen atoms in total. The first kappa shape index (κ1) is 15.9. The van der Waals surface area contributed by atoms with Crippen molar-refractivity contribution in [3.63, 3.8) is 0 Å². The predicted octanol–water partition coefficient (Wildman–Crippen LogP) is 1.14. The summed E-state index contributed by atoms with van der Waals surface area (Å²) in [6.45, 7) is 0.998. The van der Waals surface area contributed by atoms with Crippen molar-refractivity contribution >= 4 is 15.6 Å². The SMILES string of the molecule is COc1ccc(C(=O)CN2CCCS(=O)(=O)CC2)cc1F. The molecular weight excluding hydrogens is 297 g/mol. The first-order valence-corrected chi connectivity index (χ1v) is 8.53. The number of sulfone groups is 1. The molecule has 0 saturated carbocycles. The van der Waals surface area contributed by atoms with Crippen LogP contribution in [0.5, 0.6) is 5.75 Å². The molecule has 0 aliphatic carbocycles. The molecule has 21 heavy (non-hydrogen) atoms. The summed E-state index contributed by atoms with van der Waals surface area (Å²) in [5.74, 6) is -0.489. The maximum absolute atomic E-state index is 13.6. The molecule has 0 N–H and O–H groups in total.